The molecule has 0 saturated heterocycles. The number of carbonyl (C=O) groups is 1. The largest absolute Gasteiger partial charge is 0.338 e. The molecule has 0 aliphatic heterocycles. The third-order valence-electron chi connectivity index (χ3n) is 3.93. The summed E-state index contributed by atoms with van der Waals surface area (Å²) >= 11 is 11.9. The second kappa shape index (κ2) is 8.75. The quantitative estimate of drug-likeness (QED) is 0.554. The number of hydrogen-bond acceptors (Lipinski definition) is 1. The molecule has 3 rings (SSSR count). The van der Waals surface area contributed by atoms with Crippen molar-refractivity contribution < 1.29 is 4.79 Å². The number of nitrogens with one attached hydrogen (secondary N) is 2. The minimum Gasteiger partial charge on any atom is -0.338 e. The lowest BCUT2D eigenvalue weighted by Gasteiger charge is -2.09. The zero-order chi connectivity index (χ0) is 18.4. The summed E-state index contributed by atoms with van der Waals surface area (Å²) in [6, 6.07) is 23.1. The van der Waals surface area contributed by atoms with E-state index in [-0.39, 0.29) is 6.03 Å². The van der Waals surface area contributed by atoms with Crippen molar-refractivity contribution in [1.29, 1.82) is 0 Å². The molecule has 3 nitrogen and oxygen atoms in total. The summed E-state index contributed by atoms with van der Waals surface area (Å²) in [5.74, 6) is 0. The Labute approximate surface area is 163 Å². The van der Waals surface area contributed by atoms with Crippen LogP contribution in [0.1, 0.15) is 5.56 Å². The van der Waals surface area contributed by atoms with Crippen LogP contribution in [0.5, 0.6) is 0 Å². The molecule has 0 aliphatic rings. The van der Waals surface area contributed by atoms with E-state index in [2.05, 4.69) is 22.8 Å². The summed E-state index contributed by atoms with van der Waals surface area (Å²) in [4.78, 5) is 12.0. The Bertz CT molecular complexity index is 880. The maximum absolute atomic E-state index is 12.0. The molecule has 0 unspecified atom stereocenters. The van der Waals surface area contributed by atoms with Gasteiger partial charge >= 0.3 is 6.03 Å². The van der Waals surface area contributed by atoms with Crippen LogP contribution in [0, 0.1) is 0 Å². The van der Waals surface area contributed by atoms with Crippen molar-refractivity contribution in [3.8, 4) is 11.1 Å². The molecule has 0 saturated carbocycles. The van der Waals surface area contributed by atoms with Crippen molar-refractivity contribution in [2.45, 2.75) is 6.42 Å². The fraction of sp³-hybridized carbons (Fsp3) is 0.0952. The molecule has 3 aromatic rings. The van der Waals surface area contributed by atoms with Crippen LogP contribution >= 0.6 is 23.2 Å². The van der Waals surface area contributed by atoms with Crippen molar-refractivity contribution in [3.05, 3.63) is 88.4 Å². The number of halogens is 2. The molecule has 2 amide bonds. The second-order valence-corrected chi connectivity index (χ2v) is 6.64. The summed E-state index contributed by atoms with van der Waals surface area (Å²) in [6.07, 6.45) is 0.678. The minimum atomic E-state index is -0.238. The average molecular weight is 385 g/mol. The monoisotopic (exact) mass is 384 g/mol. The van der Waals surface area contributed by atoms with Gasteiger partial charge in [0.2, 0.25) is 0 Å². The van der Waals surface area contributed by atoms with E-state index >= 15 is 0 Å². The highest BCUT2D eigenvalue weighted by Gasteiger charge is 2.04. The van der Waals surface area contributed by atoms with Gasteiger partial charge in [-0.2, -0.15) is 0 Å². The van der Waals surface area contributed by atoms with Gasteiger partial charge in [-0.25, -0.2) is 4.79 Å². The van der Waals surface area contributed by atoms with Gasteiger partial charge in [0.15, 0.2) is 0 Å². The topological polar surface area (TPSA) is 41.1 Å². The zero-order valence-electron chi connectivity index (χ0n) is 14.0. The van der Waals surface area contributed by atoms with E-state index in [1.165, 1.54) is 0 Å². The van der Waals surface area contributed by atoms with Crippen LogP contribution in [-0.4, -0.2) is 12.6 Å². The number of rotatable bonds is 5. The summed E-state index contributed by atoms with van der Waals surface area (Å²) in [7, 11) is 0. The van der Waals surface area contributed by atoms with E-state index in [1.807, 2.05) is 54.6 Å². The van der Waals surface area contributed by atoms with E-state index in [0.717, 1.165) is 22.4 Å². The van der Waals surface area contributed by atoms with Crippen LogP contribution in [0.25, 0.3) is 11.1 Å². The Hall–Kier alpha value is -2.49. The Morgan fingerprint density at radius 1 is 0.808 bits per heavy atom. The maximum atomic E-state index is 12.0. The highest BCUT2D eigenvalue weighted by Crippen LogP contribution is 2.23. The fourth-order valence-corrected chi connectivity index (χ4v) is 2.89. The van der Waals surface area contributed by atoms with E-state index in [4.69, 9.17) is 23.2 Å². The van der Waals surface area contributed by atoms with Crippen LogP contribution in [0.4, 0.5) is 10.5 Å². The first-order valence-electron chi connectivity index (χ1n) is 8.26. The number of urea groups is 1. The van der Waals surface area contributed by atoms with Gasteiger partial charge in [0.25, 0.3) is 0 Å². The molecule has 0 spiro atoms. The van der Waals surface area contributed by atoms with E-state index < -0.39 is 0 Å². The molecule has 2 N–H and O–H groups in total. The zero-order valence-corrected chi connectivity index (χ0v) is 15.5. The first kappa shape index (κ1) is 18.3. The first-order chi connectivity index (χ1) is 12.6. The predicted molar refractivity (Wildman–Crippen MR) is 109 cm³/mol. The third kappa shape index (κ3) is 5.01. The van der Waals surface area contributed by atoms with Crippen molar-refractivity contribution in [2.24, 2.45) is 0 Å². The molecule has 26 heavy (non-hydrogen) atoms. The Morgan fingerprint density at radius 2 is 1.50 bits per heavy atom. The standard InChI is InChI=1S/C21H18Cl2N2O/c22-19-11-6-15(14-20(19)23)12-13-24-21(26)25-18-9-7-17(8-10-18)16-4-2-1-3-5-16/h1-11,14H,12-13H2,(H2,24,25,26). The predicted octanol–water partition coefficient (Wildman–Crippen LogP) is 6.02. The highest BCUT2D eigenvalue weighted by atomic mass is 35.5. The molecule has 0 atom stereocenters. The summed E-state index contributed by atoms with van der Waals surface area (Å²) in [6.45, 7) is 0.506. The third-order valence-corrected chi connectivity index (χ3v) is 4.67. The van der Waals surface area contributed by atoms with Crippen LogP contribution in [0.3, 0.4) is 0 Å². The van der Waals surface area contributed by atoms with Crippen LogP contribution < -0.4 is 10.6 Å². The molecule has 0 aromatic heterocycles. The lowest BCUT2D eigenvalue weighted by molar-refractivity contribution is 0.252. The van der Waals surface area contributed by atoms with Gasteiger partial charge in [-0.3, -0.25) is 0 Å². The van der Waals surface area contributed by atoms with Gasteiger partial charge in [0.1, 0.15) is 0 Å². The fourth-order valence-electron chi connectivity index (χ4n) is 2.57. The highest BCUT2D eigenvalue weighted by molar-refractivity contribution is 6.42. The lowest BCUT2D eigenvalue weighted by Crippen LogP contribution is -2.30. The number of anilines is 1. The van der Waals surface area contributed by atoms with Gasteiger partial charge in [0, 0.05) is 12.2 Å². The minimum absolute atomic E-state index is 0.238. The van der Waals surface area contributed by atoms with Crippen LogP contribution in [0.15, 0.2) is 72.8 Å². The second-order valence-electron chi connectivity index (χ2n) is 5.82. The smallest absolute Gasteiger partial charge is 0.319 e. The van der Waals surface area contributed by atoms with Crippen molar-refractivity contribution in [2.75, 3.05) is 11.9 Å². The van der Waals surface area contributed by atoms with Crippen LogP contribution in [0.2, 0.25) is 10.0 Å². The van der Waals surface area contributed by atoms with Gasteiger partial charge in [0.05, 0.1) is 10.0 Å². The van der Waals surface area contributed by atoms with Crippen molar-refractivity contribution in [3.63, 3.8) is 0 Å². The van der Waals surface area contributed by atoms with Crippen molar-refractivity contribution in [1.82, 2.24) is 5.32 Å². The molecule has 3 aromatic carbocycles. The maximum Gasteiger partial charge on any atom is 0.319 e. The summed E-state index contributed by atoms with van der Waals surface area (Å²) in [5, 5.41) is 6.71. The van der Waals surface area contributed by atoms with Gasteiger partial charge in [-0.05, 0) is 47.4 Å². The molecule has 5 heteroatoms. The summed E-state index contributed by atoms with van der Waals surface area (Å²) in [5.41, 5.74) is 4.02. The average Bonchev–Trinajstić information content (AvgIpc) is 2.66. The SMILES string of the molecule is O=C(NCCc1ccc(Cl)c(Cl)c1)Nc1ccc(-c2ccccc2)cc1. The molecule has 0 bridgehead atoms. The number of carbonyl (C=O) groups excluding carboxylic acids is 1. The van der Waals surface area contributed by atoms with E-state index in [9.17, 15) is 4.79 Å². The van der Waals surface area contributed by atoms with Gasteiger partial charge in [-0.15, -0.1) is 0 Å². The molecule has 0 fully saturated rings. The molecule has 0 radical (unpaired) electrons. The Morgan fingerprint density at radius 3 is 2.19 bits per heavy atom. The van der Waals surface area contributed by atoms with Crippen molar-refractivity contribution >= 4 is 34.9 Å². The molecule has 0 heterocycles. The number of benzene rings is 3. The molecule has 0 aliphatic carbocycles. The van der Waals surface area contributed by atoms with E-state index in [1.54, 1.807) is 6.07 Å². The normalized spacial score (nSPS) is 10.4. The molecular weight excluding hydrogens is 367 g/mol. The Balaban J connectivity index is 1.49. The Kier molecular flexibility index (Phi) is 6.16. The number of hydrogen-bond donors (Lipinski definition) is 2. The van der Waals surface area contributed by atoms with Gasteiger partial charge < -0.3 is 10.6 Å². The number of amides is 2. The molecular formula is C21H18Cl2N2O. The van der Waals surface area contributed by atoms with Crippen LogP contribution in [-0.2, 0) is 6.42 Å². The lowest BCUT2D eigenvalue weighted by atomic mass is 10.1. The molecule has 132 valence electrons. The summed E-state index contributed by atoms with van der Waals surface area (Å²) < 4.78 is 0. The van der Waals surface area contributed by atoms with E-state index in [0.29, 0.717) is 23.0 Å². The first-order valence-corrected chi connectivity index (χ1v) is 9.02. The van der Waals surface area contributed by atoms with Gasteiger partial charge in [-0.1, -0.05) is 71.7 Å².